The van der Waals surface area contributed by atoms with E-state index in [0.29, 0.717) is 6.29 Å². The van der Waals surface area contributed by atoms with E-state index in [1.54, 1.807) is 0 Å². The zero-order valence-corrected chi connectivity index (χ0v) is 9.95. The topological polar surface area (TPSA) is 29.1 Å². The van der Waals surface area contributed by atoms with Gasteiger partial charge in [-0.25, -0.2) is 0 Å². The monoisotopic (exact) mass is 295 g/mol. The summed E-state index contributed by atoms with van der Waals surface area (Å²) in [4.78, 5) is 10.7. The first-order chi connectivity index (χ1) is 7.40. The molecule has 1 aromatic rings. The highest BCUT2D eigenvalue weighted by atomic mass is 79.9. The minimum absolute atomic E-state index is 0.00377. The van der Waals surface area contributed by atoms with E-state index in [9.17, 15) is 18.0 Å². The van der Waals surface area contributed by atoms with Crippen molar-refractivity contribution in [1.29, 1.82) is 0 Å². The predicted molar refractivity (Wildman–Crippen MR) is 57.3 cm³/mol. The quantitative estimate of drug-likeness (QED) is 0.869. The highest BCUT2D eigenvalue weighted by Gasteiger charge is 2.34. The maximum absolute atomic E-state index is 12.7. The first-order valence-corrected chi connectivity index (χ1v) is 5.19. The third-order valence-electron chi connectivity index (χ3n) is 2.04. The molecule has 0 saturated carbocycles. The molecule has 0 heterocycles. The van der Waals surface area contributed by atoms with Gasteiger partial charge in [0.05, 0.1) is 5.56 Å². The van der Waals surface area contributed by atoms with E-state index in [-0.39, 0.29) is 22.1 Å². The minimum Gasteiger partial charge on any atom is -0.316 e. The van der Waals surface area contributed by atoms with Crippen molar-refractivity contribution in [3.63, 3.8) is 0 Å². The number of benzene rings is 1. The molecule has 0 bridgehead atoms. The Morgan fingerprint density at radius 3 is 2.50 bits per heavy atom. The van der Waals surface area contributed by atoms with Gasteiger partial charge in [-0.05, 0) is 24.7 Å². The Morgan fingerprint density at radius 1 is 1.44 bits per heavy atom. The number of rotatable bonds is 3. The van der Waals surface area contributed by atoms with Gasteiger partial charge in [-0.15, -0.1) is 0 Å². The van der Waals surface area contributed by atoms with Gasteiger partial charge in [-0.3, -0.25) is 4.79 Å². The van der Waals surface area contributed by atoms with Gasteiger partial charge in [0.25, 0.3) is 0 Å². The van der Waals surface area contributed by atoms with Gasteiger partial charge in [-0.1, -0.05) is 15.9 Å². The van der Waals surface area contributed by atoms with Crippen molar-refractivity contribution in [3.8, 4) is 0 Å². The first-order valence-electron chi connectivity index (χ1n) is 4.39. The van der Waals surface area contributed by atoms with Crippen LogP contribution in [0, 0.1) is 0 Å². The number of halogens is 4. The van der Waals surface area contributed by atoms with Gasteiger partial charge >= 0.3 is 6.18 Å². The summed E-state index contributed by atoms with van der Waals surface area (Å²) in [6.07, 6.45) is -4.04. The maximum Gasteiger partial charge on any atom is 0.416 e. The molecule has 2 nitrogen and oxygen atoms in total. The van der Waals surface area contributed by atoms with Gasteiger partial charge in [0.15, 0.2) is 0 Å². The average Bonchev–Trinajstić information content (AvgIpc) is 2.18. The molecule has 6 heteroatoms. The first kappa shape index (κ1) is 13.2. The smallest absolute Gasteiger partial charge is 0.316 e. The summed E-state index contributed by atoms with van der Waals surface area (Å²) < 4.78 is 38.3. The standard InChI is InChI=1S/C10H9BrF3NO/c1-15-4-8-6(5-16)2-7(11)3-9(8)10(12,13)14/h2-3,5,15H,4H2,1H3. The third kappa shape index (κ3) is 2.82. The van der Waals surface area contributed by atoms with Crippen LogP contribution in [-0.4, -0.2) is 13.3 Å². The molecule has 0 unspecified atom stereocenters. The van der Waals surface area contributed by atoms with E-state index in [1.165, 1.54) is 13.1 Å². The van der Waals surface area contributed by atoms with Gasteiger partial charge in [0.2, 0.25) is 0 Å². The average molecular weight is 296 g/mol. The minimum atomic E-state index is -4.46. The normalized spacial score (nSPS) is 11.6. The molecule has 0 aliphatic carbocycles. The highest BCUT2D eigenvalue weighted by molar-refractivity contribution is 9.10. The number of carbonyl (C=O) groups excluding carboxylic acids is 1. The highest BCUT2D eigenvalue weighted by Crippen LogP contribution is 2.35. The zero-order chi connectivity index (χ0) is 12.3. The lowest BCUT2D eigenvalue weighted by atomic mass is 10.0. The van der Waals surface area contributed by atoms with Crippen molar-refractivity contribution in [3.05, 3.63) is 33.3 Å². The summed E-state index contributed by atoms with van der Waals surface area (Å²) in [6.45, 7) is -0.00377. The molecule has 0 spiro atoms. The maximum atomic E-state index is 12.7. The molecule has 0 atom stereocenters. The van der Waals surface area contributed by atoms with Crippen molar-refractivity contribution in [2.24, 2.45) is 0 Å². The molecule has 1 N–H and O–H groups in total. The van der Waals surface area contributed by atoms with E-state index in [0.717, 1.165) is 6.07 Å². The summed E-state index contributed by atoms with van der Waals surface area (Å²) in [5.74, 6) is 0. The lowest BCUT2D eigenvalue weighted by molar-refractivity contribution is -0.138. The molecule has 0 aromatic heterocycles. The van der Waals surface area contributed by atoms with Gasteiger partial charge < -0.3 is 5.32 Å². The zero-order valence-electron chi connectivity index (χ0n) is 8.36. The predicted octanol–water partition coefficient (Wildman–Crippen LogP) is 3.00. The van der Waals surface area contributed by atoms with E-state index >= 15 is 0 Å². The number of alkyl halides is 3. The molecule has 0 saturated heterocycles. The Hall–Kier alpha value is -0.880. The van der Waals surface area contributed by atoms with Crippen LogP contribution in [0.15, 0.2) is 16.6 Å². The summed E-state index contributed by atoms with van der Waals surface area (Å²) >= 11 is 2.95. The molecule has 0 aliphatic rings. The van der Waals surface area contributed by atoms with Crippen LogP contribution in [0.4, 0.5) is 13.2 Å². The Morgan fingerprint density at radius 2 is 2.06 bits per heavy atom. The second-order valence-corrected chi connectivity index (χ2v) is 4.08. The Kier molecular flexibility index (Phi) is 4.09. The number of aldehydes is 1. The van der Waals surface area contributed by atoms with E-state index < -0.39 is 11.7 Å². The van der Waals surface area contributed by atoms with Crippen molar-refractivity contribution < 1.29 is 18.0 Å². The van der Waals surface area contributed by atoms with Gasteiger partial charge in [0.1, 0.15) is 6.29 Å². The molecule has 16 heavy (non-hydrogen) atoms. The fourth-order valence-electron chi connectivity index (χ4n) is 1.39. The molecule has 0 amide bonds. The lowest BCUT2D eigenvalue weighted by Crippen LogP contribution is -2.16. The second-order valence-electron chi connectivity index (χ2n) is 3.17. The van der Waals surface area contributed by atoms with Crippen LogP contribution in [0.2, 0.25) is 0 Å². The van der Waals surface area contributed by atoms with Crippen LogP contribution >= 0.6 is 15.9 Å². The van der Waals surface area contributed by atoms with Crippen LogP contribution in [0.5, 0.6) is 0 Å². The fourth-order valence-corrected chi connectivity index (χ4v) is 1.87. The largest absolute Gasteiger partial charge is 0.416 e. The molecular weight excluding hydrogens is 287 g/mol. The lowest BCUT2D eigenvalue weighted by Gasteiger charge is -2.15. The van der Waals surface area contributed by atoms with Crippen molar-refractivity contribution in [2.75, 3.05) is 7.05 Å². The van der Waals surface area contributed by atoms with Gasteiger partial charge in [0, 0.05) is 16.6 Å². The van der Waals surface area contributed by atoms with Crippen LogP contribution in [0.3, 0.4) is 0 Å². The van der Waals surface area contributed by atoms with Crippen LogP contribution in [0.1, 0.15) is 21.5 Å². The summed E-state index contributed by atoms with van der Waals surface area (Å²) in [7, 11) is 1.52. The summed E-state index contributed by atoms with van der Waals surface area (Å²) in [6, 6.07) is 2.34. The number of nitrogens with one attached hydrogen (secondary N) is 1. The summed E-state index contributed by atoms with van der Waals surface area (Å²) in [5, 5.41) is 2.62. The fraction of sp³-hybridized carbons (Fsp3) is 0.300. The van der Waals surface area contributed by atoms with Crippen molar-refractivity contribution in [1.82, 2.24) is 5.32 Å². The molecular formula is C10H9BrF3NO. The molecule has 0 radical (unpaired) electrons. The Balaban J connectivity index is 3.44. The SMILES string of the molecule is CNCc1c(C=O)cc(Br)cc1C(F)(F)F. The van der Waals surface area contributed by atoms with Crippen molar-refractivity contribution in [2.45, 2.75) is 12.7 Å². The molecule has 88 valence electrons. The number of hydrogen-bond acceptors (Lipinski definition) is 2. The van der Waals surface area contributed by atoms with Crippen LogP contribution in [-0.2, 0) is 12.7 Å². The second kappa shape index (κ2) is 4.97. The summed E-state index contributed by atoms with van der Waals surface area (Å²) in [5.41, 5.74) is -0.789. The van der Waals surface area contributed by atoms with Crippen LogP contribution in [0.25, 0.3) is 0 Å². The molecule has 0 fully saturated rings. The number of hydrogen-bond donors (Lipinski definition) is 1. The van der Waals surface area contributed by atoms with E-state index in [2.05, 4.69) is 21.2 Å². The van der Waals surface area contributed by atoms with Crippen molar-refractivity contribution >= 4 is 22.2 Å². The van der Waals surface area contributed by atoms with E-state index in [1.807, 2.05) is 0 Å². The third-order valence-corrected chi connectivity index (χ3v) is 2.49. The van der Waals surface area contributed by atoms with Crippen LogP contribution < -0.4 is 5.32 Å². The molecule has 1 rings (SSSR count). The van der Waals surface area contributed by atoms with E-state index in [4.69, 9.17) is 0 Å². The Labute approximate surface area is 99.0 Å². The Bertz CT molecular complexity index is 404. The molecule has 1 aromatic carbocycles. The van der Waals surface area contributed by atoms with Gasteiger partial charge in [-0.2, -0.15) is 13.2 Å². The molecule has 0 aliphatic heterocycles. The number of carbonyl (C=O) groups is 1.